The summed E-state index contributed by atoms with van der Waals surface area (Å²) < 4.78 is 1.61. The van der Waals surface area contributed by atoms with Crippen LogP contribution in [0.4, 0.5) is 0 Å². The second-order valence-electron chi connectivity index (χ2n) is 3.62. The molecular formula is C12H13N3O. The third-order valence-corrected chi connectivity index (χ3v) is 2.46. The molecule has 0 aliphatic rings. The van der Waals surface area contributed by atoms with Crippen molar-refractivity contribution in [2.75, 3.05) is 0 Å². The fraction of sp³-hybridized carbons (Fsp3) is 0.250. The Hall–Kier alpha value is -1.97. The number of carbonyl (C=O) groups excluding carboxylic acids is 1. The van der Waals surface area contributed by atoms with E-state index in [0.29, 0.717) is 5.69 Å². The van der Waals surface area contributed by atoms with Gasteiger partial charge in [-0.1, -0.05) is 24.3 Å². The lowest BCUT2D eigenvalue weighted by atomic mass is 10.1. The van der Waals surface area contributed by atoms with Crippen molar-refractivity contribution in [2.24, 2.45) is 0 Å². The highest BCUT2D eigenvalue weighted by Crippen LogP contribution is 2.09. The second kappa shape index (κ2) is 4.26. The number of nitrogens with zero attached hydrogens (tertiary/aromatic N) is 3. The van der Waals surface area contributed by atoms with Crippen molar-refractivity contribution in [3.8, 4) is 5.69 Å². The van der Waals surface area contributed by atoms with Crippen LogP contribution in [0, 0.1) is 0 Å². The van der Waals surface area contributed by atoms with Gasteiger partial charge in [-0.3, -0.25) is 4.79 Å². The Morgan fingerprint density at radius 1 is 1.31 bits per heavy atom. The first-order valence-electron chi connectivity index (χ1n) is 5.23. The summed E-state index contributed by atoms with van der Waals surface area (Å²) in [4.78, 5) is 11.1. The van der Waals surface area contributed by atoms with Gasteiger partial charge in [-0.25, -0.2) is 4.68 Å². The highest BCUT2D eigenvalue weighted by atomic mass is 16.1. The van der Waals surface area contributed by atoms with Gasteiger partial charge in [0, 0.05) is 6.92 Å². The Morgan fingerprint density at radius 2 is 2.00 bits per heavy atom. The van der Waals surface area contributed by atoms with E-state index >= 15 is 0 Å². The lowest BCUT2D eigenvalue weighted by Gasteiger charge is -2.00. The van der Waals surface area contributed by atoms with Crippen molar-refractivity contribution in [1.29, 1.82) is 0 Å². The van der Waals surface area contributed by atoms with Crippen LogP contribution in [0.15, 0.2) is 30.5 Å². The molecule has 2 rings (SSSR count). The number of hydrogen-bond donors (Lipinski definition) is 0. The van der Waals surface area contributed by atoms with Crippen molar-refractivity contribution in [3.63, 3.8) is 0 Å². The molecule has 1 aromatic carbocycles. The molecule has 0 amide bonds. The van der Waals surface area contributed by atoms with E-state index in [9.17, 15) is 4.79 Å². The summed E-state index contributed by atoms with van der Waals surface area (Å²) in [5.74, 6) is -0.0728. The molecular weight excluding hydrogens is 202 g/mol. The van der Waals surface area contributed by atoms with Crippen LogP contribution >= 0.6 is 0 Å². The summed E-state index contributed by atoms with van der Waals surface area (Å²) in [6, 6.07) is 8.03. The predicted molar refractivity (Wildman–Crippen MR) is 60.7 cm³/mol. The summed E-state index contributed by atoms with van der Waals surface area (Å²) in [7, 11) is 0. The van der Waals surface area contributed by atoms with Gasteiger partial charge in [-0.05, 0) is 24.1 Å². The van der Waals surface area contributed by atoms with Crippen molar-refractivity contribution >= 4 is 5.78 Å². The van der Waals surface area contributed by atoms with Crippen molar-refractivity contribution in [1.82, 2.24) is 15.0 Å². The van der Waals surface area contributed by atoms with Crippen LogP contribution in [-0.2, 0) is 6.42 Å². The molecule has 82 valence electrons. The third kappa shape index (κ3) is 2.00. The largest absolute Gasteiger partial charge is 0.293 e. The van der Waals surface area contributed by atoms with Crippen LogP contribution in [-0.4, -0.2) is 20.8 Å². The van der Waals surface area contributed by atoms with Crippen LogP contribution in [0.3, 0.4) is 0 Å². The number of hydrogen-bond acceptors (Lipinski definition) is 3. The maximum atomic E-state index is 11.1. The molecule has 0 fully saturated rings. The minimum absolute atomic E-state index is 0.0728. The van der Waals surface area contributed by atoms with Gasteiger partial charge in [0.15, 0.2) is 5.78 Å². The number of ketones is 1. The Balaban J connectivity index is 2.31. The molecule has 0 spiro atoms. The van der Waals surface area contributed by atoms with E-state index in [4.69, 9.17) is 0 Å². The highest BCUT2D eigenvalue weighted by molar-refractivity contribution is 5.91. The molecule has 0 unspecified atom stereocenters. The minimum atomic E-state index is -0.0728. The monoisotopic (exact) mass is 215 g/mol. The summed E-state index contributed by atoms with van der Waals surface area (Å²) in [5, 5.41) is 7.71. The standard InChI is InChI=1S/C12H13N3O/c1-3-10-4-6-11(7-5-10)15-8-12(9(2)16)13-14-15/h4-8H,3H2,1-2H3. The van der Waals surface area contributed by atoms with Gasteiger partial charge in [0.05, 0.1) is 11.9 Å². The molecule has 1 aromatic heterocycles. The van der Waals surface area contributed by atoms with Crippen LogP contribution in [0.2, 0.25) is 0 Å². The van der Waals surface area contributed by atoms with Gasteiger partial charge in [-0.2, -0.15) is 0 Å². The maximum absolute atomic E-state index is 11.1. The van der Waals surface area contributed by atoms with E-state index in [2.05, 4.69) is 17.2 Å². The maximum Gasteiger partial charge on any atom is 0.181 e. The Bertz CT molecular complexity index is 499. The van der Waals surface area contributed by atoms with E-state index in [1.54, 1.807) is 10.9 Å². The molecule has 0 bridgehead atoms. The van der Waals surface area contributed by atoms with Crippen LogP contribution in [0.1, 0.15) is 29.9 Å². The van der Waals surface area contributed by atoms with E-state index in [-0.39, 0.29) is 5.78 Å². The topological polar surface area (TPSA) is 47.8 Å². The fourth-order valence-electron chi connectivity index (χ4n) is 1.44. The average molecular weight is 215 g/mol. The normalized spacial score (nSPS) is 10.4. The molecule has 4 heteroatoms. The SMILES string of the molecule is CCc1ccc(-n2cc(C(C)=O)nn2)cc1. The van der Waals surface area contributed by atoms with E-state index in [1.165, 1.54) is 12.5 Å². The molecule has 16 heavy (non-hydrogen) atoms. The molecule has 2 aromatic rings. The van der Waals surface area contributed by atoms with E-state index in [0.717, 1.165) is 12.1 Å². The summed E-state index contributed by atoms with van der Waals surface area (Å²) >= 11 is 0. The average Bonchev–Trinajstić information content (AvgIpc) is 2.78. The van der Waals surface area contributed by atoms with Gasteiger partial charge in [0.25, 0.3) is 0 Å². The van der Waals surface area contributed by atoms with Gasteiger partial charge >= 0.3 is 0 Å². The first-order chi connectivity index (χ1) is 7.70. The zero-order valence-electron chi connectivity index (χ0n) is 9.34. The van der Waals surface area contributed by atoms with Gasteiger partial charge in [0.1, 0.15) is 5.69 Å². The zero-order valence-corrected chi connectivity index (χ0v) is 9.34. The molecule has 0 saturated heterocycles. The molecule has 0 aliphatic carbocycles. The second-order valence-corrected chi connectivity index (χ2v) is 3.62. The minimum Gasteiger partial charge on any atom is -0.293 e. The quantitative estimate of drug-likeness (QED) is 0.736. The van der Waals surface area contributed by atoms with Crippen molar-refractivity contribution in [3.05, 3.63) is 41.7 Å². The van der Waals surface area contributed by atoms with Crippen molar-refractivity contribution in [2.45, 2.75) is 20.3 Å². The highest BCUT2D eigenvalue weighted by Gasteiger charge is 2.06. The Morgan fingerprint density at radius 3 is 2.50 bits per heavy atom. The van der Waals surface area contributed by atoms with E-state index < -0.39 is 0 Å². The van der Waals surface area contributed by atoms with Crippen LogP contribution in [0.5, 0.6) is 0 Å². The number of aryl methyl sites for hydroxylation is 1. The third-order valence-electron chi connectivity index (χ3n) is 2.46. The van der Waals surface area contributed by atoms with Gasteiger partial charge < -0.3 is 0 Å². The Labute approximate surface area is 93.9 Å². The van der Waals surface area contributed by atoms with E-state index in [1.807, 2.05) is 24.3 Å². The number of aromatic nitrogens is 3. The van der Waals surface area contributed by atoms with Crippen LogP contribution in [0.25, 0.3) is 5.69 Å². The molecule has 0 aliphatic heterocycles. The van der Waals surface area contributed by atoms with Gasteiger partial charge in [0.2, 0.25) is 0 Å². The lowest BCUT2D eigenvalue weighted by Crippen LogP contribution is -1.95. The lowest BCUT2D eigenvalue weighted by molar-refractivity contribution is 0.101. The zero-order chi connectivity index (χ0) is 11.5. The summed E-state index contributed by atoms with van der Waals surface area (Å²) in [6.45, 7) is 3.59. The Kier molecular flexibility index (Phi) is 2.81. The number of Topliss-reactive ketones (excluding diaryl/α,β-unsaturated/α-hetero) is 1. The summed E-state index contributed by atoms with van der Waals surface area (Å²) in [6.07, 6.45) is 2.65. The van der Waals surface area contributed by atoms with Gasteiger partial charge in [-0.15, -0.1) is 5.10 Å². The smallest absolute Gasteiger partial charge is 0.181 e. The fourth-order valence-corrected chi connectivity index (χ4v) is 1.44. The number of benzene rings is 1. The molecule has 1 heterocycles. The summed E-state index contributed by atoms with van der Waals surface area (Å²) in [5.41, 5.74) is 2.58. The van der Waals surface area contributed by atoms with Crippen LogP contribution < -0.4 is 0 Å². The molecule has 0 N–H and O–H groups in total. The predicted octanol–water partition coefficient (Wildman–Crippen LogP) is 2.03. The van der Waals surface area contributed by atoms with Crippen molar-refractivity contribution < 1.29 is 4.79 Å². The molecule has 4 nitrogen and oxygen atoms in total. The molecule has 0 radical (unpaired) electrons. The molecule has 0 saturated carbocycles. The first kappa shape index (κ1) is 10.5. The number of carbonyl (C=O) groups is 1. The molecule has 0 atom stereocenters. The first-order valence-corrected chi connectivity index (χ1v) is 5.23. The number of rotatable bonds is 3.